The van der Waals surface area contributed by atoms with Crippen molar-refractivity contribution in [2.45, 2.75) is 20.4 Å². The second kappa shape index (κ2) is 11.6. The maximum absolute atomic E-state index is 13.0. The second-order valence-electron chi connectivity index (χ2n) is 9.75. The van der Waals surface area contributed by atoms with Crippen LogP contribution in [0.1, 0.15) is 39.5 Å². The van der Waals surface area contributed by atoms with Gasteiger partial charge in [0.15, 0.2) is 0 Å². The summed E-state index contributed by atoms with van der Waals surface area (Å²) in [6.45, 7) is 10.8. The number of likely N-dealkylation sites (N-methyl/N-ethyl adjacent to an activating group) is 1. The standard InChI is InChI=1S/C31H35N5O2/c1-4-35-15-17-36(18-16-35)21-23-6-11-27(12-7-23)34-31(37)25-8-5-22(2)24(19-25)9-10-26-20-33-30-28(13-14-32-30)29(26)38-3/h5-14,19-20H,4,15-18,21H2,1-3H3,(H,32,33)(H,34,37)/b10-9+. The van der Waals surface area contributed by atoms with Crippen LogP contribution in [0.2, 0.25) is 0 Å². The number of nitrogens with one attached hydrogen (secondary N) is 2. The summed E-state index contributed by atoms with van der Waals surface area (Å²) >= 11 is 0. The van der Waals surface area contributed by atoms with E-state index in [1.807, 2.05) is 61.7 Å². The summed E-state index contributed by atoms with van der Waals surface area (Å²) in [5, 5.41) is 3.98. The SMILES string of the molecule is CCN1CCN(Cc2ccc(NC(=O)c3ccc(C)c(/C=C/c4cnc5[nH]ccc5c4OC)c3)cc2)CC1. The van der Waals surface area contributed by atoms with E-state index in [0.717, 1.165) is 78.4 Å². The minimum Gasteiger partial charge on any atom is -0.495 e. The number of hydrogen-bond acceptors (Lipinski definition) is 5. The van der Waals surface area contributed by atoms with E-state index in [1.54, 1.807) is 13.3 Å². The van der Waals surface area contributed by atoms with Gasteiger partial charge < -0.3 is 19.9 Å². The fourth-order valence-corrected chi connectivity index (χ4v) is 4.90. The Kier molecular flexibility index (Phi) is 7.86. The lowest BCUT2D eigenvalue weighted by molar-refractivity contribution is 0.102. The molecule has 1 saturated heterocycles. The highest BCUT2D eigenvalue weighted by molar-refractivity contribution is 6.04. The number of aryl methyl sites for hydroxylation is 1. The molecule has 7 nitrogen and oxygen atoms in total. The molecule has 196 valence electrons. The summed E-state index contributed by atoms with van der Waals surface area (Å²) in [5.41, 5.74) is 6.38. The lowest BCUT2D eigenvalue weighted by atomic mass is 10.0. The highest BCUT2D eigenvalue weighted by atomic mass is 16.5. The van der Waals surface area contributed by atoms with Crippen molar-refractivity contribution in [3.8, 4) is 5.75 Å². The Morgan fingerprint density at radius 3 is 2.50 bits per heavy atom. The monoisotopic (exact) mass is 509 g/mol. The van der Waals surface area contributed by atoms with Crippen LogP contribution < -0.4 is 10.1 Å². The third-order valence-electron chi connectivity index (χ3n) is 7.28. The lowest BCUT2D eigenvalue weighted by Crippen LogP contribution is -2.45. The number of pyridine rings is 1. The van der Waals surface area contributed by atoms with Gasteiger partial charge in [-0.05, 0) is 66.6 Å². The zero-order chi connectivity index (χ0) is 26.5. The van der Waals surface area contributed by atoms with E-state index in [4.69, 9.17) is 4.74 Å². The van der Waals surface area contributed by atoms with Gasteiger partial charge in [0.2, 0.25) is 0 Å². The summed E-state index contributed by atoms with van der Waals surface area (Å²) in [6, 6.07) is 15.9. The number of methoxy groups -OCH3 is 1. The molecule has 2 aromatic carbocycles. The van der Waals surface area contributed by atoms with Gasteiger partial charge in [0, 0.05) is 61.9 Å². The summed E-state index contributed by atoms with van der Waals surface area (Å²) < 4.78 is 5.64. The number of hydrogen-bond donors (Lipinski definition) is 2. The molecule has 1 aliphatic rings. The Bertz CT molecular complexity index is 1430. The number of rotatable bonds is 8. The number of H-pyrrole nitrogens is 1. The Morgan fingerprint density at radius 1 is 1.03 bits per heavy atom. The minimum atomic E-state index is -0.129. The van der Waals surface area contributed by atoms with Crippen LogP contribution in [-0.2, 0) is 6.54 Å². The van der Waals surface area contributed by atoms with Crippen LogP contribution in [0.25, 0.3) is 23.2 Å². The van der Waals surface area contributed by atoms with Crippen LogP contribution in [0.3, 0.4) is 0 Å². The minimum absolute atomic E-state index is 0.129. The highest BCUT2D eigenvalue weighted by Gasteiger charge is 2.16. The largest absolute Gasteiger partial charge is 0.495 e. The summed E-state index contributed by atoms with van der Waals surface area (Å²) in [5.74, 6) is 0.641. The fraction of sp³-hybridized carbons (Fsp3) is 0.290. The van der Waals surface area contributed by atoms with E-state index < -0.39 is 0 Å². The second-order valence-corrected chi connectivity index (χ2v) is 9.75. The number of anilines is 1. The van der Waals surface area contributed by atoms with Crippen LogP contribution >= 0.6 is 0 Å². The maximum Gasteiger partial charge on any atom is 0.255 e. The Morgan fingerprint density at radius 2 is 1.76 bits per heavy atom. The molecule has 0 saturated carbocycles. The molecule has 1 fully saturated rings. The van der Waals surface area contributed by atoms with Gasteiger partial charge in [-0.1, -0.05) is 31.2 Å². The van der Waals surface area contributed by atoms with Crippen molar-refractivity contribution in [3.63, 3.8) is 0 Å². The number of aromatic nitrogens is 2. The number of amides is 1. The number of nitrogens with zero attached hydrogens (tertiary/aromatic N) is 3. The number of benzene rings is 2. The zero-order valence-electron chi connectivity index (χ0n) is 22.3. The summed E-state index contributed by atoms with van der Waals surface area (Å²) in [4.78, 5) is 25.6. The molecule has 5 rings (SSSR count). The van der Waals surface area contributed by atoms with E-state index in [-0.39, 0.29) is 5.91 Å². The Labute approximate surface area is 224 Å². The molecular formula is C31H35N5O2. The number of carbonyl (C=O) groups is 1. The molecule has 0 radical (unpaired) electrons. The van der Waals surface area contributed by atoms with Crippen molar-refractivity contribution in [1.82, 2.24) is 19.8 Å². The van der Waals surface area contributed by atoms with E-state index >= 15 is 0 Å². The van der Waals surface area contributed by atoms with Gasteiger partial charge in [0.1, 0.15) is 11.4 Å². The van der Waals surface area contributed by atoms with Gasteiger partial charge in [0.25, 0.3) is 5.91 Å². The van der Waals surface area contributed by atoms with Crippen LogP contribution in [-0.4, -0.2) is 65.5 Å². The normalized spacial score (nSPS) is 14.8. The van der Waals surface area contributed by atoms with Crippen molar-refractivity contribution < 1.29 is 9.53 Å². The van der Waals surface area contributed by atoms with Gasteiger partial charge in [0.05, 0.1) is 12.5 Å². The molecular weight excluding hydrogens is 474 g/mol. The molecule has 0 atom stereocenters. The lowest BCUT2D eigenvalue weighted by Gasteiger charge is -2.34. The third-order valence-corrected chi connectivity index (χ3v) is 7.28. The Balaban J connectivity index is 1.25. The molecule has 0 unspecified atom stereocenters. The first kappa shape index (κ1) is 25.7. The predicted molar refractivity (Wildman–Crippen MR) is 155 cm³/mol. The molecule has 3 heterocycles. The van der Waals surface area contributed by atoms with E-state index in [9.17, 15) is 4.79 Å². The summed E-state index contributed by atoms with van der Waals surface area (Å²) in [7, 11) is 1.66. The van der Waals surface area contributed by atoms with Crippen molar-refractivity contribution in [3.05, 3.63) is 88.7 Å². The predicted octanol–water partition coefficient (Wildman–Crippen LogP) is 5.44. The van der Waals surface area contributed by atoms with E-state index in [0.29, 0.717) is 5.56 Å². The first-order chi connectivity index (χ1) is 18.5. The number of aromatic amines is 1. The quantitative estimate of drug-likeness (QED) is 0.331. The van der Waals surface area contributed by atoms with Crippen molar-refractivity contribution in [2.24, 2.45) is 0 Å². The molecule has 0 bridgehead atoms. The highest BCUT2D eigenvalue weighted by Crippen LogP contribution is 2.29. The topological polar surface area (TPSA) is 73.5 Å². The van der Waals surface area contributed by atoms with E-state index in [2.05, 4.69) is 44.1 Å². The van der Waals surface area contributed by atoms with Gasteiger partial charge in [-0.3, -0.25) is 9.69 Å². The molecule has 2 N–H and O–H groups in total. The van der Waals surface area contributed by atoms with Gasteiger partial charge in [-0.2, -0.15) is 0 Å². The van der Waals surface area contributed by atoms with Crippen LogP contribution in [0, 0.1) is 6.92 Å². The van der Waals surface area contributed by atoms with Crippen molar-refractivity contribution in [2.75, 3.05) is 45.2 Å². The van der Waals surface area contributed by atoms with Crippen molar-refractivity contribution >= 4 is 34.8 Å². The van der Waals surface area contributed by atoms with Crippen LogP contribution in [0.5, 0.6) is 5.75 Å². The molecule has 4 aromatic rings. The Hall–Kier alpha value is -3.94. The number of fused-ring (bicyclic) bond motifs is 1. The number of piperazine rings is 1. The molecule has 0 aliphatic carbocycles. The third kappa shape index (κ3) is 5.79. The smallest absolute Gasteiger partial charge is 0.255 e. The van der Waals surface area contributed by atoms with Gasteiger partial charge in [-0.25, -0.2) is 4.98 Å². The molecule has 2 aromatic heterocycles. The molecule has 7 heteroatoms. The average molecular weight is 510 g/mol. The number of carbonyl (C=O) groups excluding carboxylic acids is 1. The van der Waals surface area contributed by atoms with Crippen molar-refractivity contribution in [1.29, 1.82) is 0 Å². The molecule has 38 heavy (non-hydrogen) atoms. The zero-order valence-corrected chi connectivity index (χ0v) is 22.3. The van der Waals surface area contributed by atoms with Gasteiger partial charge >= 0.3 is 0 Å². The molecule has 0 spiro atoms. The average Bonchev–Trinajstić information content (AvgIpc) is 3.43. The maximum atomic E-state index is 13.0. The first-order valence-electron chi connectivity index (χ1n) is 13.2. The van der Waals surface area contributed by atoms with Gasteiger partial charge in [-0.15, -0.1) is 0 Å². The molecule has 1 aliphatic heterocycles. The summed E-state index contributed by atoms with van der Waals surface area (Å²) in [6.07, 6.45) is 7.61. The van der Waals surface area contributed by atoms with E-state index in [1.165, 1.54) is 5.56 Å². The fourth-order valence-electron chi connectivity index (χ4n) is 4.90. The van der Waals surface area contributed by atoms with Crippen LogP contribution in [0.15, 0.2) is 60.9 Å². The molecule has 1 amide bonds. The van der Waals surface area contributed by atoms with Crippen LogP contribution in [0.4, 0.5) is 5.69 Å². The number of ether oxygens (including phenoxy) is 1. The first-order valence-corrected chi connectivity index (χ1v) is 13.2.